The summed E-state index contributed by atoms with van der Waals surface area (Å²) in [5.41, 5.74) is 3.29. The average Bonchev–Trinajstić information content (AvgIpc) is 2.76. The number of amides is 1. The highest BCUT2D eigenvalue weighted by Gasteiger charge is 2.31. The number of benzene rings is 2. The molecule has 3 rings (SSSR count). The fourth-order valence-corrected chi connectivity index (χ4v) is 2.69. The molecule has 0 heterocycles. The fourth-order valence-electron chi connectivity index (χ4n) is 2.55. The van der Waals surface area contributed by atoms with Gasteiger partial charge in [0.1, 0.15) is 0 Å². The number of halogens is 3. The van der Waals surface area contributed by atoms with Crippen LogP contribution in [0.5, 0.6) is 0 Å². The number of nitrogens with one attached hydrogen (secondary N) is 1. The molecule has 0 fully saturated rings. The van der Waals surface area contributed by atoms with Crippen LogP contribution in [0.3, 0.4) is 0 Å². The van der Waals surface area contributed by atoms with Crippen LogP contribution in [-0.2, 0) is 17.6 Å². The van der Waals surface area contributed by atoms with Gasteiger partial charge in [0.15, 0.2) is 0 Å². The van der Waals surface area contributed by atoms with E-state index in [0.717, 1.165) is 18.2 Å². The molecular weight excluding hydrogens is 305 g/mol. The molecule has 0 atom stereocenters. The van der Waals surface area contributed by atoms with Crippen molar-refractivity contribution in [1.29, 1.82) is 0 Å². The van der Waals surface area contributed by atoms with Gasteiger partial charge in [-0.1, -0.05) is 59.1 Å². The topological polar surface area (TPSA) is 29.1 Å². The normalized spacial score (nSPS) is 13.8. The highest BCUT2D eigenvalue weighted by atomic mass is 35.6. The first-order valence-corrected chi connectivity index (χ1v) is 7.02. The highest BCUT2D eigenvalue weighted by molar-refractivity contribution is 6.76. The molecule has 0 spiro atoms. The Morgan fingerprint density at radius 2 is 1.74 bits per heavy atom. The zero-order valence-corrected chi connectivity index (χ0v) is 12.1. The SMILES string of the molecule is O=C(Nc1ccc2c3c(cccc13)CC2)C(Cl)(Cl)Cl. The van der Waals surface area contributed by atoms with Gasteiger partial charge in [-0.05, 0) is 35.4 Å². The number of hydrogen-bond acceptors (Lipinski definition) is 1. The first-order valence-electron chi connectivity index (χ1n) is 5.88. The molecular formula is C14H10Cl3NO. The first-order chi connectivity index (χ1) is 8.97. The van der Waals surface area contributed by atoms with Crippen LogP contribution in [0, 0.1) is 0 Å². The zero-order chi connectivity index (χ0) is 13.6. The lowest BCUT2D eigenvalue weighted by Crippen LogP contribution is -2.27. The van der Waals surface area contributed by atoms with Gasteiger partial charge in [-0.25, -0.2) is 0 Å². The summed E-state index contributed by atoms with van der Waals surface area (Å²) in [5.74, 6) is -0.642. The minimum Gasteiger partial charge on any atom is -0.322 e. The van der Waals surface area contributed by atoms with Gasteiger partial charge < -0.3 is 5.32 Å². The van der Waals surface area contributed by atoms with Crippen molar-refractivity contribution >= 4 is 57.2 Å². The lowest BCUT2D eigenvalue weighted by atomic mass is 10.0. The van der Waals surface area contributed by atoms with Crippen molar-refractivity contribution in [3.63, 3.8) is 0 Å². The molecule has 2 nitrogen and oxygen atoms in total. The molecule has 98 valence electrons. The van der Waals surface area contributed by atoms with Gasteiger partial charge in [0.05, 0.1) is 0 Å². The zero-order valence-electron chi connectivity index (χ0n) is 9.84. The van der Waals surface area contributed by atoms with Crippen molar-refractivity contribution in [2.45, 2.75) is 16.6 Å². The first kappa shape index (κ1) is 13.0. The molecule has 0 saturated heterocycles. The van der Waals surface area contributed by atoms with Gasteiger partial charge in [0, 0.05) is 11.1 Å². The minimum absolute atomic E-state index is 0.642. The van der Waals surface area contributed by atoms with Gasteiger partial charge >= 0.3 is 0 Å². The maximum atomic E-state index is 11.8. The quantitative estimate of drug-likeness (QED) is 0.783. The number of carbonyl (C=O) groups excluding carboxylic acids is 1. The Morgan fingerprint density at radius 3 is 2.42 bits per heavy atom. The molecule has 0 bridgehead atoms. The van der Waals surface area contributed by atoms with E-state index in [1.54, 1.807) is 0 Å². The van der Waals surface area contributed by atoms with Crippen LogP contribution in [0.15, 0.2) is 30.3 Å². The van der Waals surface area contributed by atoms with Crippen LogP contribution < -0.4 is 5.32 Å². The standard InChI is InChI=1S/C14H10Cl3NO/c15-14(16,17)13(19)18-11-7-6-9-5-4-8-2-1-3-10(11)12(8)9/h1-3,6-7H,4-5H2,(H,18,19). The van der Waals surface area contributed by atoms with E-state index in [2.05, 4.69) is 11.4 Å². The van der Waals surface area contributed by atoms with Crippen LogP contribution in [0.1, 0.15) is 11.1 Å². The Kier molecular flexibility index (Phi) is 3.12. The second-order valence-corrected chi connectivity index (χ2v) is 6.85. The van der Waals surface area contributed by atoms with Gasteiger partial charge in [-0.15, -0.1) is 0 Å². The van der Waals surface area contributed by atoms with Gasteiger partial charge in [-0.3, -0.25) is 4.79 Å². The number of alkyl halides is 3. The van der Waals surface area contributed by atoms with Crippen LogP contribution in [0.4, 0.5) is 5.69 Å². The molecule has 0 unspecified atom stereocenters. The van der Waals surface area contributed by atoms with Gasteiger partial charge in [0.2, 0.25) is 0 Å². The van der Waals surface area contributed by atoms with Crippen molar-refractivity contribution < 1.29 is 4.79 Å². The lowest BCUT2D eigenvalue weighted by molar-refractivity contribution is -0.115. The molecule has 1 aliphatic carbocycles. The second-order valence-electron chi connectivity index (χ2n) is 4.56. The summed E-state index contributed by atoms with van der Waals surface area (Å²) >= 11 is 16.7. The summed E-state index contributed by atoms with van der Waals surface area (Å²) in [6.07, 6.45) is 2.07. The third-order valence-corrected chi connectivity index (χ3v) is 3.90. The van der Waals surface area contributed by atoms with Crippen molar-refractivity contribution in [3.8, 4) is 0 Å². The van der Waals surface area contributed by atoms with E-state index in [1.807, 2.05) is 24.3 Å². The molecule has 0 radical (unpaired) electrons. The third kappa shape index (κ3) is 2.29. The summed E-state index contributed by atoms with van der Waals surface area (Å²) in [6, 6.07) is 9.95. The predicted octanol–water partition coefficient (Wildman–Crippen LogP) is 4.25. The summed E-state index contributed by atoms with van der Waals surface area (Å²) in [4.78, 5) is 11.8. The van der Waals surface area contributed by atoms with Crippen LogP contribution in [-0.4, -0.2) is 9.70 Å². The maximum absolute atomic E-state index is 11.8. The van der Waals surface area contributed by atoms with Gasteiger partial charge in [-0.2, -0.15) is 0 Å². The van der Waals surface area contributed by atoms with Crippen LogP contribution in [0.2, 0.25) is 0 Å². The Bertz CT molecular complexity index is 666. The number of anilines is 1. The Hall–Kier alpha value is -0.960. The molecule has 19 heavy (non-hydrogen) atoms. The molecule has 2 aromatic carbocycles. The van der Waals surface area contributed by atoms with Crippen LogP contribution in [0.25, 0.3) is 10.8 Å². The molecule has 1 aliphatic rings. The Morgan fingerprint density at radius 1 is 1.05 bits per heavy atom. The second kappa shape index (κ2) is 4.55. The Balaban J connectivity index is 2.09. The third-order valence-electron chi connectivity index (χ3n) is 3.38. The molecule has 1 N–H and O–H groups in total. The van der Waals surface area contributed by atoms with Crippen molar-refractivity contribution in [2.24, 2.45) is 0 Å². The van der Waals surface area contributed by atoms with E-state index in [9.17, 15) is 4.79 Å². The summed E-state index contributed by atoms with van der Waals surface area (Å²) in [6.45, 7) is 0. The molecule has 0 saturated carbocycles. The summed E-state index contributed by atoms with van der Waals surface area (Å²) < 4.78 is -1.96. The monoisotopic (exact) mass is 313 g/mol. The molecule has 0 aromatic heterocycles. The summed E-state index contributed by atoms with van der Waals surface area (Å²) in [7, 11) is 0. The van der Waals surface area contributed by atoms with Crippen molar-refractivity contribution in [3.05, 3.63) is 41.5 Å². The Labute approximate surface area is 125 Å². The van der Waals surface area contributed by atoms with E-state index in [0.29, 0.717) is 5.69 Å². The van der Waals surface area contributed by atoms with E-state index in [1.165, 1.54) is 16.5 Å². The van der Waals surface area contributed by atoms with E-state index >= 15 is 0 Å². The lowest BCUT2D eigenvalue weighted by Gasteiger charge is -2.14. The average molecular weight is 315 g/mol. The van der Waals surface area contributed by atoms with Crippen LogP contribution >= 0.6 is 34.8 Å². The number of rotatable bonds is 1. The largest absolute Gasteiger partial charge is 0.322 e. The minimum atomic E-state index is -1.96. The number of hydrogen-bond donors (Lipinski definition) is 1. The molecule has 2 aromatic rings. The number of carbonyl (C=O) groups is 1. The predicted molar refractivity (Wildman–Crippen MR) is 80.3 cm³/mol. The highest BCUT2D eigenvalue weighted by Crippen LogP contribution is 2.36. The molecule has 1 amide bonds. The van der Waals surface area contributed by atoms with E-state index in [4.69, 9.17) is 34.8 Å². The molecule has 0 aliphatic heterocycles. The number of aryl methyl sites for hydroxylation is 2. The van der Waals surface area contributed by atoms with Crippen molar-refractivity contribution in [1.82, 2.24) is 0 Å². The van der Waals surface area contributed by atoms with E-state index in [-0.39, 0.29) is 0 Å². The fraction of sp³-hybridized carbons (Fsp3) is 0.214. The molecule has 5 heteroatoms. The van der Waals surface area contributed by atoms with E-state index < -0.39 is 9.70 Å². The smallest absolute Gasteiger partial charge is 0.276 e. The van der Waals surface area contributed by atoms with Gasteiger partial charge in [0.25, 0.3) is 9.70 Å². The summed E-state index contributed by atoms with van der Waals surface area (Å²) in [5, 5.41) is 4.88. The van der Waals surface area contributed by atoms with Crippen molar-refractivity contribution in [2.75, 3.05) is 5.32 Å². The maximum Gasteiger partial charge on any atom is 0.276 e.